The van der Waals surface area contributed by atoms with E-state index in [9.17, 15) is 4.79 Å². The number of rotatable bonds is 3. The molecule has 0 aliphatic carbocycles. The van der Waals surface area contributed by atoms with Gasteiger partial charge in [0, 0.05) is 11.8 Å². The summed E-state index contributed by atoms with van der Waals surface area (Å²) in [5.41, 5.74) is 7.91. The van der Waals surface area contributed by atoms with Crippen molar-refractivity contribution in [2.45, 2.75) is 6.42 Å². The molecule has 16 heavy (non-hydrogen) atoms. The maximum atomic E-state index is 10.7. The minimum atomic E-state index is -0.339. The van der Waals surface area contributed by atoms with Gasteiger partial charge in [0.15, 0.2) is 0 Å². The molecule has 80 valence electrons. The smallest absolute Gasteiger partial charge is 0.221 e. The van der Waals surface area contributed by atoms with E-state index in [0.717, 1.165) is 16.8 Å². The van der Waals surface area contributed by atoms with Crippen molar-refractivity contribution in [2.75, 3.05) is 0 Å². The van der Waals surface area contributed by atoms with Gasteiger partial charge in [-0.15, -0.1) is 0 Å². The summed E-state index contributed by atoms with van der Waals surface area (Å²) in [7, 11) is 0. The quantitative estimate of drug-likeness (QED) is 0.843. The maximum Gasteiger partial charge on any atom is 0.221 e. The topological polar surface area (TPSA) is 56.0 Å². The van der Waals surface area contributed by atoms with Gasteiger partial charge in [-0.3, -0.25) is 9.78 Å². The summed E-state index contributed by atoms with van der Waals surface area (Å²) >= 11 is 0. The molecule has 0 radical (unpaired) electrons. The van der Waals surface area contributed by atoms with Gasteiger partial charge in [0.05, 0.1) is 12.1 Å². The first kappa shape index (κ1) is 10.4. The van der Waals surface area contributed by atoms with Crippen LogP contribution in [-0.2, 0) is 11.2 Å². The Kier molecular flexibility index (Phi) is 2.96. The van der Waals surface area contributed by atoms with Crippen LogP contribution in [0.15, 0.2) is 48.7 Å². The average molecular weight is 212 g/mol. The number of hydrogen-bond acceptors (Lipinski definition) is 2. The number of nitrogens with two attached hydrogens (primary N) is 1. The minimum Gasteiger partial charge on any atom is -0.369 e. The molecule has 0 saturated heterocycles. The van der Waals surface area contributed by atoms with Crippen molar-refractivity contribution in [2.24, 2.45) is 5.73 Å². The van der Waals surface area contributed by atoms with Gasteiger partial charge in [-0.1, -0.05) is 36.4 Å². The van der Waals surface area contributed by atoms with Crippen LogP contribution < -0.4 is 5.73 Å². The maximum absolute atomic E-state index is 10.7. The molecule has 0 aliphatic heterocycles. The highest BCUT2D eigenvalue weighted by Gasteiger charge is 2.01. The monoisotopic (exact) mass is 212 g/mol. The van der Waals surface area contributed by atoms with E-state index in [0.29, 0.717) is 0 Å². The van der Waals surface area contributed by atoms with E-state index in [1.54, 1.807) is 6.20 Å². The SMILES string of the molecule is NC(=O)Cc1ccc(-c2ccccc2)nc1. The number of hydrogen-bond donors (Lipinski definition) is 1. The van der Waals surface area contributed by atoms with Gasteiger partial charge >= 0.3 is 0 Å². The Labute approximate surface area is 93.9 Å². The van der Waals surface area contributed by atoms with E-state index in [4.69, 9.17) is 5.73 Å². The third kappa shape index (κ3) is 2.45. The first-order valence-corrected chi connectivity index (χ1v) is 5.04. The number of amides is 1. The van der Waals surface area contributed by atoms with E-state index >= 15 is 0 Å². The molecule has 1 amide bonds. The molecular weight excluding hydrogens is 200 g/mol. The zero-order valence-electron chi connectivity index (χ0n) is 8.76. The summed E-state index contributed by atoms with van der Waals surface area (Å²) in [6, 6.07) is 13.7. The molecule has 0 unspecified atom stereocenters. The molecule has 3 nitrogen and oxygen atoms in total. The summed E-state index contributed by atoms with van der Waals surface area (Å²) in [6.45, 7) is 0. The van der Waals surface area contributed by atoms with Gasteiger partial charge in [-0.05, 0) is 11.6 Å². The Morgan fingerprint density at radius 2 is 1.88 bits per heavy atom. The van der Waals surface area contributed by atoms with Crippen LogP contribution in [0.4, 0.5) is 0 Å². The molecule has 0 bridgehead atoms. The highest BCUT2D eigenvalue weighted by molar-refractivity contribution is 5.76. The Morgan fingerprint density at radius 3 is 2.44 bits per heavy atom. The van der Waals surface area contributed by atoms with Gasteiger partial charge in [0.2, 0.25) is 5.91 Å². The first-order chi connectivity index (χ1) is 7.75. The zero-order chi connectivity index (χ0) is 11.4. The lowest BCUT2D eigenvalue weighted by atomic mass is 10.1. The van der Waals surface area contributed by atoms with Gasteiger partial charge in [0.25, 0.3) is 0 Å². The highest BCUT2D eigenvalue weighted by atomic mass is 16.1. The molecule has 1 aromatic heterocycles. The molecule has 0 aliphatic rings. The number of aromatic nitrogens is 1. The number of pyridine rings is 1. The summed E-state index contributed by atoms with van der Waals surface area (Å²) in [6.07, 6.45) is 1.93. The lowest BCUT2D eigenvalue weighted by molar-refractivity contribution is -0.117. The molecule has 0 fully saturated rings. The summed E-state index contributed by atoms with van der Waals surface area (Å²) in [4.78, 5) is 15.0. The van der Waals surface area contributed by atoms with Crippen LogP contribution in [0.3, 0.4) is 0 Å². The van der Waals surface area contributed by atoms with E-state index < -0.39 is 0 Å². The third-order valence-corrected chi connectivity index (χ3v) is 2.27. The van der Waals surface area contributed by atoms with Gasteiger partial charge in [0.1, 0.15) is 0 Å². The van der Waals surface area contributed by atoms with Crippen LogP contribution >= 0.6 is 0 Å². The number of benzene rings is 1. The standard InChI is InChI=1S/C13H12N2O/c14-13(16)8-10-6-7-12(15-9-10)11-4-2-1-3-5-11/h1-7,9H,8H2,(H2,14,16). The van der Waals surface area contributed by atoms with Crippen LogP contribution in [0.25, 0.3) is 11.3 Å². The van der Waals surface area contributed by atoms with Crippen LogP contribution in [-0.4, -0.2) is 10.9 Å². The van der Waals surface area contributed by atoms with Gasteiger partial charge in [-0.25, -0.2) is 0 Å². The van der Waals surface area contributed by atoms with E-state index in [1.807, 2.05) is 42.5 Å². The molecule has 0 saturated carbocycles. The second kappa shape index (κ2) is 4.57. The third-order valence-electron chi connectivity index (χ3n) is 2.27. The summed E-state index contributed by atoms with van der Waals surface area (Å²) in [5.74, 6) is -0.339. The normalized spacial score (nSPS) is 10.0. The van der Waals surface area contributed by atoms with E-state index in [1.165, 1.54) is 0 Å². The van der Waals surface area contributed by atoms with E-state index in [2.05, 4.69) is 4.98 Å². The Morgan fingerprint density at radius 1 is 1.12 bits per heavy atom. The predicted molar refractivity (Wildman–Crippen MR) is 62.6 cm³/mol. The molecule has 0 spiro atoms. The van der Waals surface area contributed by atoms with Crippen molar-refractivity contribution >= 4 is 5.91 Å². The molecule has 3 heteroatoms. The Hall–Kier alpha value is -2.16. The molecule has 1 heterocycles. The molecule has 2 N–H and O–H groups in total. The molecule has 0 atom stereocenters. The average Bonchev–Trinajstić information content (AvgIpc) is 2.30. The Balaban J connectivity index is 2.23. The van der Waals surface area contributed by atoms with Gasteiger partial charge in [-0.2, -0.15) is 0 Å². The lowest BCUT2D eigenvalue weighted by Gasteiger charge is -2.01. The van der Waals surface area contributed by atoms with Crippen molar-refractivity contribution in [3.63, 3.8) is 0 Å². The second-order valence-electron chi connectivity index (χ2n) is 3.56. The minimum absolute atomic E-state index is 0.238. The van der Waals surface area contributed by atoms with Crippen molar-refractivity contribution in [1.82, 2.24) is 4.98 Å². The second-order valence-corrected chi connectivity index (χ2v) is 3.56. The van der Waals surface area contributed by atoms with Crippen LogP contribution in [0.1, 0.15) is 5.56 Å². The molecule has 2 rings (SSSR count). The molecule has 2 aromatic rings. The predicted octanol–water partition coefficient (Wildman–Crippen LogP) is 1.78. The van der Waals surface area contributed by atoms with Crippen LogP contribution in [0.2, 0.25) is 0 Å². The first-order valence-electron chi connectivity index (χ1n) is 5.04. The lowest BCUT2D eigenvalue weighted by Crippen LogP contribution is -2.13. The van der Waals surface area contributed by atoms with Crippen molar-refractivity contribution < 1.29 is 4.79 Å². The number of carbonyl (C=O) groups excluding carboxylic acids is 1. The number of carbonyl (C=O) groups is 1. The Bertz CT molecular complexity index is 477. The fourth-order valence-electron chi connectivity index (χ4n) is 1.51. The zero-order valence-corrected chi connectivity index (χ0v) is 8.76. The number of primary amides is 1. The fourth-order valence-corrected chi connectivity index (χ4v) is 1.51. The largest absolute Gasteiger partial charge is 0.369 e. The van der Waals surface area contributed by atoms with E-state index in [-0.39, 0.29) is 12.3 Å². The molecular formula is C13H12N2O. The summed E-state index contributed by atoms with van der Waals surface area (Å²) in [5, 5.41) is 0. The van der Waals surface area contributed by atoms with Crippen molar-refractivity contribution in [3.05, 3.63) is 54.2 Å². The van der Waals surface area contributed by atoms with Crippen molar-refractivity contribution in [3.8, 4) is 11.3 Å². The fraction of sp³-hybridized carbons (Fsp3) is 0.0769. The molecule has 1 aromatic carbocycles. The highest BCUT2D eigenvalue weighted by Crippen LogP contribution is 2.16. The number of nitrogens with zero attached hydrogens (tertiary/aromatic N) is 1. The van der Waals surface area contributed by atoms with Gasteiger partial charge < -0.3 is 5.73 Å². The van der Waals surface area contributed by atoms with Crippen LogP contribution in [0, 0.1) is 0 Å². The van der Waals surface area contributed by atoms with Crippen molar-refractivity contribution in [1.29, 1.82) is 0 Å². The summed E-state index contributed by atoms with van der Waals surface area (Å²) < 4.78 is 0. The van der Waals surface area contributed by atoms with Crippen LogP contribution in [0.5, 0.6) is 0 Å².